The number of rotatable bonds is 5. The van der Waals surface area contributed by atoms with Crippen LogP contribution in [0.25, 0.3) is 6.08 Å². The molecule has 1 N–H and O–H groups in total. The van der Waals surface area contributed by atoms with Crippen molar-refractivity contribution in [3.8, 4) is 17.6 Å². The molecule has 0 aliphatic heterocycles. The van der Waals surface area contributed by atoms with E-state index in [1.807, 2.05) is 12.1 Å². The topological polar surface area (TPSA) is 71.3 Å². The van der Waals surface area contributed by atoms with Crippen LogP contribution in [0.4, 0.5) is 5.69 Å². The van der Waals surface area contributed by atoms with Gasteiger partial charge in [-0.25, -0.2) is 0 Å². The molecule has 0 atom stereocenters. The van der Waals surface area contributed by atoms with Crippen LogP contribution in [0, 0.1) is 11.3 Å². The summed E-state index contributed by atoms with van der Waals surface area (Å²) in [7, 11) is 3.06. The summed E-state index contributed by atoms with van der Waals surface area (Å²) >= 11 is 6.78. The minimum atomic E-state index is -0.520. The fourth-order valence-corrected chi connectivity index (χ4v) is 3.53. The summed E-state index contributed by atoms with van der Waals surface area (Å²) in [6.07, 6.45) is 1.48. The van der Waals surface area contributed by atoms with E-state index in [-0.39, 0.29) is 5.57 Å². The highest BCUT2D eigenvalue weighted by Gasteiger charge is 2.13. The maximum absolute atomic E-state index is 12.4. The van der Waals surface area contributed by atoms with Gasteiger partial charge in [0.1, 0.15) is 23.1 Å². The maximum atomic E-state index is 12.4. The summed E-state index contributed by atoms with van der Waals surface area (Å²) in [5.74, 6) is 0.622. The van der Waals surface area contributed by atoms with Gasteiger partial charge >= 0.3 is 0 Å². The molecule has 25 heavy (non-hydrogen) atoms. The first-order chi connectivity index (χ1) is 12.0. The Hall–Kier alpha value is -2.30. The standard InChI is InChI=1S/C18H14Br2N2O3/c1-24-15-5-3-4-14(9-15)22-18(23)12(10-21)6-11-7-13(19)8-16(20)17(11)25-2/h3-9H,1-2H3,(H,22,23)/b12-6+. The van der Waals surface area contributed by atoms with E-state index >= 15 is 0 Å². The molecule has 0 fully saturated rings. The molecule has 7 heteroatoms. The van der Waals surface area contributed by atoms with E-state index in [2.05, 4.69) is 37.2 Å². The number of nitrogens with zero attached hydrogens (tertiary/aromatic N) is 1. The average Bonchev–Trinajstić information content (AvgIpc) is 2.59. The lowest BCUT2D eigenvalue weighted by atomic mass is 10.1. The number of hydrogen-bond donors (Lipinski definition) is 1. The minimum Gasteiger partial charge on any atom is -0.497 e. The van der Waals surface area contributed by atoms with E-state index in [9.17, 15) is 10.1 Å². The van der Waals surface area contributed by atoms with Crippen LogP contribution in [0.15, 0.2) is 50.9 Å². The molecule has 0 radical (unpaired) electrons. The van der Waals surface area contributed by atoms with E-state index in [0.29, 0.717) is 27.2 Å². The van der Waals surface area contributed by atoms with Gasteiger partial charge in [0.2, 0.25) is 0 Å². The second-order valence-electron chi connectivity index (χ2n) is 4.87. The van der Waals surface area contributed by atoms with Crippen LogP contribution >= 0.6 is 31.9 Å². The number of amides is 1. The van der Waals surface area contributed by atoms with E-state index < -0.39 is 5.91 Å². The largest absolute Gasteiger partial charge is 0.497 e. The summed E-state index contributed by atoms with van der Waals surface area (Å²) in [5, 5.41) is 12.1. The molecule has 0 unspecified atom stereocenters. The lowest BCUT2D eigenvalue weighted by molar-refractivity contribution is -0.112. The number of halogens is 2. The quantitative estimate of drug-likeness (QED) is 0.509. The first-order valence-electron chi connectivity index (χ1n) is 7.08. The van der Waals surface area contributed by atoms with Crippen LogP contribution in [0.2, 0.25) is 0 Å². The Labute approximate surface area is 162 Å². The van der Waals surface area contributed by atoms with Crippen LogP contribution in [0.3, 0.4) is 0 Å². The molecule has 128 valence electrons. The monoisotopic (exact) mass is 464 g/mol. The van der Waals surface area contributed by atoms with Gasteiger partial charge in [0.15, 0.2) is 0 Å². The Kier molecular flexibility index (Phi) is 6.62. The predicted octanol–water partition coefficient (Wildman–Crippen LogP) is 4.77. The van der Waals surface area contributed by atoms with Crippen molar-refractivity contribution in [3.05, 3.63) is 56.5 Å². The number of carbonyl (C=O) groups is 1. The van der Waals surface area contributed by atoms with E-state index in [1.165, 1.54) is 13.2 Å². The summed E-state index contributed by atoms with van der Waals surface area (Å²) < 4.78 is 12.0. The number of ether oxygens (including phenoxy) is 2. The Balaban J connectivity index is 2.34. The summed E-state index contributed by atoms with van der Waals surface area (Å²) in [6, 6.07) is 12.4. The number of nitriles is 1. The fraction of sp³-hybridized carbons (Fsp3) is 0.111. The molecule has 0 aliphatic rings. The highest BCUT2D eigenvalue weighted by molar-refractivity contribution is 9.11. The second-order valence-corrected chi connectivity index (χ2v) is 6.64. The third-order valence-electron chi connectivity index (χ3n) is 3.23. The molecular formula is C18H14Br2N2O3. The molecule has 2 aromatic rings. The van der Waals surface area contributed by atoms with Crippen molar-refractivity contribution >= 4 is 49.5 Å². The molecule has 0 aliphatic carbocycles. The lowest BCUT2D eigenvalue weighted by Crippen LogP contribution is -2.13. The van der Waals surface area contributed by atoms with Gasteiger partial charge in [0.05, 0.1) is 18.7 Å². The summed E-state index contributed by atoms with van der Waals surface area (Å²) in [4.78, 5) is 12.4. The highest BCUT2D eigenvalue weighted by atomic mass is 79.9. The van der Waals surface area contributed by atoms with Crippen molar-refractivity contribution in [2.75, 3.05) is 19.5 Å². The van der Waals surface area contributed by atoms with E-state index in [0.717, 1.165) is 4.47 Å². The van der Waals surface area contributed by atoms with Gasteiger partial charge in [0, 0.05) is 21.8 Å². The van der Waals surface area contributed by atoms with Crippen molar-refractivity contribution in [1.82, 2.24) is 0 Å². The smallest absolute Gasteiger partial charge is 0.266 e. The minimum absolute atomic E-state index is 0.0499. The number of nitrogens with one attached hydrogen (secondary N) is 1. The molecule has 0 spiro atoms. The van der Waals surface area contributed by atoms with Gasteiger partial charge < -0.3 is 14.8 Å². The van der Waals surface area contributed by atoms with Crippen molar-refractivity contribution in [2.45, 2.75) is 0 Å². The molecule has 0 saturated heterocycles. The van der Waals surface area contributed by atoms with Crippen LogP contribution in [-0.2, 0) is 4.79 Å². The van der Waals surface area contributed by atoms with Gasteiger partial charge in [-0.2, -0.15) is 5.26 Å². The number of hydrogen-bond acceptors (Lipinski definition) is 4. The van der Waals surface area contributed by atoms with Crippen LogP contribution in [0.1, 0.15) is 5.56 Å². The molecule has 0 bridgehead atoms. The number of carbonyl (C=O) groups excluding carboxylic acids is 1. The SMILES string of the molecule is COc1cccc(NC(=O)/C(C#N)=C/c2cc(Br)cc(Br)c2OC)c1. The molecule has 0 aromatic heterocycles. The number of benzene rings is 2. The molecule has 1 amide bonds. The van der Waals surface area contributed by atoms with Gasteiger partial charge in [-0.3, -0.25) is 4.79 Å². The Morgan fingerprint density at radius 1 is 1.20 bits per heavy atom. The van der Waals surface area contributed by atoms with Crippen molar-refractivity contribution in [2.24, 2.45) is 0 Å². The summed E-state index contributed by atoms with van der Waals surface area (Å²) in [6.45, 7) is 0. The zero-order chi connectivity index (χ0) is 18.4. The van der Waals surface area contributed by atoms with Crippen LogP contribution < -0.4 is 14.8 Å². The van der Waals surface area contributed by atoms with E-state index in [4.69, 9.17) is 9.47 Å². The zero-order valence-corrected chi connectivity index (χ0v) is 16.6. The number of methoxy groups -OCH3 is 2. The van der Waals surface area contributed by atoms with Crippen molar-refractivity contribution < 1.29 is 14.3 Å². The van der Waals surface area contributed by atoms with Gasteiger partial charge in [0.25, 0.3) is 5.91 Å². The number of anilines is 1. The maximum Gasteiger partial charge on any atom is 0.266 e. The fourth-order valence-electron chi connectivity index (χ4n) is 2.11. The van der Waals surface area contributed by atoms with Gasteiger partial charge in [-0.15, -0.1) is 0 Å². The predicted molar refractivity (Wildman–Crippen MR) is 104 cm³/mol. The third kappa shape index (κ3) is 4.84. The average molecular weight is 466 g/mol. The van der Waals surface area contributed by atoms with Gasteiger partial charge in [-0.05, 0) is 46.3 Å². The van der Waals surface area contributed by atoms with E-state index in [1.54, 1.807) is 37.4 Å². The second kappa shape index (κ2) is 8.70. The Bertz CT molecular complexity index is 873. The Morgan fingerprint density at radius 3 is 2.60 bits per heavy atom. The normalized spacial score (nSPS) is 10.8. The molecule has 2 rings (SSSR count). The molecule has 5 nitrogen and oxygen atoms in total. The van der Waals surface area contributed by atoms with Crippen molar-refractivity contribution in [1.29, 1.82) is 5.26 Å². The zero-order valence-electron chi connectivity index (χ0n) is 13.5. The molecule has 2 aromatic carbocycles. The highest BCUT2D eigenvalue weighted by Crippen LogP contribution is 2.34. The van der Waals surface area contributed by atoms with Gasteiger partial charge in [-0.1, -0.05) is 22.0 Å². The first-order valence-corrected chi connectivity index (χ1v) is 8.67. The molecule has 0 saturated carbocycles. The van der Waals surface area contributed by atoms with Crippen LogP contribution in [0.5, 0.6) is 11.5 Å². The lowest BCUT2D eigenvalue weighted by Gasteiger charge is -2.10. The first kappa shape index (κ1) is 19.0. The van der Waals surface area contributed by atoms with Crippen LogP contribution in [-0.4, -0.2) is 20.1 Å². The third-order valence-corrected chi connectivity index (χ3v) is 4.28. The van der Waals surface area contributed by atoms with Crippen molar-refractivity contribution in [3.63, 3.8) is 0 Å². The molecule has 0 heterocycles. The summed E-state index contributed by atoms with van der Waals surface area (Å²) in [5.41, 5.74) is 1.08. The Morgan fingerprint density at radius 2 is 1.96 bits per heavy atom. The molecular weight excluding hydrogens is 452 g/mol.